The third kappa shape index (κ3) is 4.62. The van der Waals surface area contributed by atoms with Crippen LogP contribution in [-0.4, -0.2) is 29.8 Å². The molecule has 0 aromatic heterocycles. The van der Waals surface area contributed by atoms with Gasteiger partial charge < -0.3 is 10.2 Å². The van der Waals surface area contributed by atoms with E-state index in [1.807, 2.05) is 13.8 Å². The van der Waals surface area contributed by atoms with Gasteiger partial charge in [0.15, 0.2) is 0 Å². The molecule has 0 saturated heterocycles. The minimum Gasteiger partial charge on any atom is -0.357 e. The number of halogens is 2. The molecule has 1 aromatic carbocycles. The first-order chi connectivity index (χ1) is 10.5. The highest BCUT2D eigenvalue weighted by atomic mass is 35.5. The highest BCUT2D eigenvalue weighted by molar-refractivity contribution is 6.36. The smallest absolute Gasteiger partial charge is 0.242 e. The summed E-state index contributed by atoms with van der Waals surface area (Å²) in [5.74, 6) is -0.260. The average Bonchev–Trinajstić information content (AvgIpc) is 2.49. The van der Waals surface area contributed by atoms with Crippen LogP contribution >= 0.6 is 23.2 Å². The van der Waals surface area contributed by atoms with Crippen molar-refractivity contribution in [2.24, 2.45) is 0 Å². The Morgan fingerprint density at radius 3 is 2.27 bits per heavy atom. The number of benzene rings is 1. The van der Waals surface area contributed by atoms with E-state index in [1.165, 1.54) is 0 Å². The summed E-state index contributed by atoms with van der Waals surface area (Å²) in [6, 6.07) is 4.68. The molecule has 1 N–H and O–H groups in total. The lowest BCUT2D eigenvalue weighted by atomic mass is 10.1. The minimum atomic E-state index is -0.531. The second-order valence-electron chi connectivity index (χ2n) is 5.01. The van der Waals surface area contributed by atoms with E-state index >= 15 is 0 Å². The maximum absolute atomic E-state index is 12.5. The van der Waals surface area contributed by atoms with Gasteiger partial charge in [-0.05, 0) is 25.0 Å². The van der Waals surface area contributed by atoms with Gasteiger partial charge in [0.2, 0.25) is 11.8 Å². The van der Waals surface area contributed by atoms with Gasteiger partial charge in [0, 0.05) is 35.6 Å². The molecule has 0 aliphatic rings. The van der Waals surface area contributed by atoms with Crippen LogP contribution in [0.25, 0.3) is 0 Å². The monoisotopic (exact) mass is 344 g/mol. The van der Waals surface area contributed by atoms with Crippen molar-refractivity contribution >= 4 is 35.0 Å². The number of hydrogen-bond donors (Lipinski definition) is 1. The van der Waals surface area contributed by atoms with Gasteiger partial charge in [-0.15, -0.1) is 0 Å². The van der Waals surface area contributed by atoms with Crippen molar-refractivity contribution in [3.05, 3.63) is 33.8 Å². The molecule has 122 valence electrons. The van der Waals surface area contributed by atoms with Crippen molar-refractivity contribution < 1.29 is 9.59 Å². The van der Waals surface area contributed by atoms with Crippen molar-refractivity contribution in [2.75, 3.05) is 7.05 Å². The molecule has 1 rings (SSSR count). The Bertz CT molecular complexity index is 515. The van der Waals surface area contributed by atoms with E-state index in [-0.39, 0.29) is 18.4 Å². The quantitative estimate of drug-likeness (QED) is 0.820. The van der Waals surface area contributed by atoms with Crippen LogP contribution in [0, 0.1) is 0 Å². The van der Waals surface area contributed by atoms with Gasteiger partial charge in [-0.1, -0.05) is 43.1 Å². The van der Waals surface area contributed by atoms with E-state index in [9.17, 15) is 9.59 Å². The lowest BCUT2D eigenvalue weighted by Crippen LogP contribution is -2.48. The normalized spacial score (nSPS) is 11.9. The summed E-state index contributed by atoms with van der Waals surface area (Å²) < 4.78 is 0. The maximum atomic E-state index is 12.5. The first-order valence-electron chi connectivity index (χ1n) is 7.40. The van der Waals surface area contributed by atoms with Crippen LogP contribution < -0.4 is 5.32 Å². The molecule has 2 amide bonds. The third-order valence-corrected chi connectivity index (χ3v) is 4.19. The third-order valence-electron chi connectivity index (χ3n) is 3.49. The van der Waals surface area contributed by atoms with Gasteiger partial charge in [0.05, 0.1) is 0 Å². The van der Waals surface area contributed by atoms with E-state index in [0.717, 1.165) is 6.42 Å². The zero-order chi connectivity index (χ0) is 16.7. The molecule has 0 saturated carbocycles. The van der Waals surface area contributed by atoms with Crippen LogP contribution in [0.1, 0.15) is 38.7 Å². The standard InChI is InChI=1S/C16H22Cl2N2O2/c1-4-7-15(21)20(14(5-2)16(22)19-3)10-11-12(17)8-6-9-13(11)18/h6,8-9,14H,4-5,7,10H2,1-3H3,(H,19,22)/t14-/m0/s1. The average molecular weight is 345 g/mol. The zero-order valence-electron chi connectivity index (χ0n) is 13.2. The Labute approximate surface area is 141 Å². The van der Waals surface area contributed by atoms with Gasteiger partial charge >= 0.3 is 0 Å². The second kappa shape index (κ2) is 9.01. The number of amides is 2. The topological polar surface area (TPSA) is 49.4 Å². The summed E-state index contributed by atoms with van der Waals surface area (Å²) in [6.45, 7) is 4.03. The molecule has 0 aliphatic carbocycles. The Morgan fingerprint density at radius 1 is 1.23 bits per heavy atom. The lowest BCUT2D eigenvalue weighted by Gasteiger charge is -2.30. The molecule has 0 heterocycles. The largest absolute Gasteiger partial charge is 0.357 e. The van der Waals surface area contributed by atoms with Crippen LogP contribution in [0.4, 0.5) is 0 Å². The van der Waals surface area contributed by atoms with Crippen LogP contribution in [0.5, 0.6) is 0 Å². The van der Waals surface area contributed by atoms with Crippen LogP contribution in [-0.2, 0) is 16.1 Å². The Hall–Kier alpha value is -1.26. The van der Waals surface area contributed by atoms with Crippen molar-refractivity contribution in [3.63, 3.8) is 0 Å². The van der Waals surface area contributed by atoms with Crippen molar-refractivity contribution in [1.29, 1.82) is 0 Å². The predicted molar refractivity (Wildman–Crippen MR) is 90.1 cm³/mol. The second-order valence-corrected chi connectivity index (χ2v) is 5.82. The predicted octanol–water partition coefficient (Wildman–Crippen LogP) is 3.65. The minimum absolute atomic E-state index is 0.0751. The van der Waals surface area contributed by atoms with E-state index in [0.29, 0.717) is 28.5 Å². The summed E-state index contributed by atoms with van der Waals surface area (Å²) >= 11 is 12.4. The van der Waals surface area contributed by atoms with Gasteiger partial charge in [0.1, 0.15) is 6.04 Å². The number of carbonyl (C=O) groups is 2. The highest BCUT2D eigenvalue weighted by Crippen LogP contribution is 2.27. The fourth-order valence-corrected chi connectivity index (χ4v) is 2.81. The molecular formula is C16H22Cl2N2O2. The molecule has 0 bridgehead atoms. The molecule has 4 nitrogen and oxygen atoms in total. The molecule has 0 radical (unpaired) electrons. The first kappa shape index (κ1) is 18.8. The summed E-state index contributed by atoms with van der Waals surface area (Å²) in [4.78, 5) is 26.1. The zero-order valence-corrected chi connectivity index (χ0v) is 14.7. The lowest BCUT2D eigenvalue weighted by molar-refractivity contribution is -0.141. The first-order valence-corrected chi connectivity index (χ1v) is 8.15. The number of likely N-dealkylation sites (N-methyl/N-ethyl adjacent to an activating group) is 1. The van der Waals surface area contributed by atoms with Gasteiger partial charge in [-0.25, -0.2) is 0 Å². The van der Waals surface area contributed by atoms with E-state index in [1.54, 1.807) is 30.1 Å². The van der Waals surface area contributed by atoms with Gasteiger partial charge in [0.25, 0.3) is 0 Å². The SMILES string of the molecule is CCCC(=O)N(Cc1c(Cl)cccc1Cl)[C@@H](CC)C(=O)NC. The summed E-state index contributed by atoms with van der Waals surface area (Å²) in [7, 11) is 1.57. The molecule has 0 aliphatic heterocycles. The summed E-state index contributed by atoms with van der Waals surface area (Å²) in [5, 5.41) is 3.60. The van der Waals surface area contributed by atoms with E-state index in [4.69, 9.17) is 23.2 Å². The summed E-state index contributed by atoms with van der Waals surface area (Å²) in [6.07, 6.45) is 1.63. The van der Waals surface area contributed by atoms with E-state index in [2.05, 4.69) is 5.32 Å². The molecule has 0 fully saturated rings. The molecule has 0 unspecified atom stereocenters. The Morgan fingerprint density at radius 2 is 1.82 bits per heavy atom. The van der Waals surface area contributed by atoms with Gasteiger partial charge in [-0.3, -0.25) is 9.59 Å². The van der Waals surface area contributed by atoms with Crippen molar-refractivity contribution in [1.82, 2.24) is 10.2 Å². The fraction of sp³-hybridized carbons (Fsp3) is 0.500. The maximum Gasteiger partial charge on any atom is 0.242 e. The van der Waals surface area contributed by atoms with E-state index < -0.39 is 6.04 Å². The molecule has 22 heavy (non-hydrogen) atoms. The van der Waals surface area contributed by atoms with Gasteiger partial charge in [-0.2, -0.15) is 0 Å². The highest BCUT2D eigenvalue weighted by Gasteiger charge is 2.28. The Kier molecular flexibility index (Phi) is 7.69. The molecule has 6 heteroatoms. The number of rotatable bonds is 7. The Balaban J connectivity index is 3.15. The molecule has 0 spiro atoms. The molecule has 1 aromatic rings. The van der Waals surface area contributed by atoms with Crippen LogP contribution in [0.15, 0.2) is 18.2 Å². The van der Waals surface area contributed by atoms with Crippen LogP contribution in [0.3, 0.4) is 0 Å². The number of nitrogens with zero attached hydrogens (tertiary/aromatic N) is 1. The van der Waals surface area contributed by atoms with Crippen LogP contribution in [0.2, 0.25) is 10.0 Å². The van der Waals surface area contributed by atoms with Crippen molar-refractivity contribution in [3.8, 4) is 0 Å². The number of nitrogens with one attached hydrogen (secondary N) is 1. The van der Waals surface area contributed by atoms with Crippen molar-refractivity contribution in [2.45, 2.75) is 45.7 Å². The number of hydrogen-bond acceptors (Lipinski definition) is 2. The fourth-order valence-electron chi connectivity index (χ4n) is 2.30. The molecule has 1 atom stereocenters. The number of carbonyl (C=O) groups excluding carboxylic acids is 2. The molecular weight excluding hydrogens is 323 g/mol. The summed E-state index contributed by atoms with van der Waals surface area (Å²) in [5.41, 5.74) is 0.664.